The van der Waals surface area contributed by atoms with Crippen LogP contribution in [-0.2, 0) is 14.4 Å². The molecule has 2 rings (SSSR count). The monoisotopic (exact) mass is 348 g/mol. The summed E-state index contributed by atoms with van der Waals surface area (Å²) < 4.78 is 5.58. The normalized spacial score (nSPS) is 16.4. The molecule has 1 aliphatic rings. The predicted octanol–water partition coefficient (Wildman–Crippen LogP) is 1.90. The summed E-state index contributed by atoms with van der Waals surface area (Å²) in [5, 5.41) is 8.83. The number of carboxylic acid groups (broad SMARTS) is 1. The second kappa shape index (κ2) is 8.00. The molecule has 1 aromatic rings. The number of hydrogen-bond donors (Lipinski definition) is 1. The van der Waals surface area contributed by atoms with E-state index in [0.717, 1.165) is 0 Å². The van der Waals surface area contributed by atoms with Crippen molar-refractivity contribution in [2.75, 3.05) is 18.0 Å². The van der Waals surface area contributed by atoms with Gasteiger partial charge in [-0.1, -0.05) is 12.1 Å². The summed E-state index contributed by atoms with van der Waals surface area (Å²) in [5.74, 6) is -0.674. The van der Waals surface area contributed by atoms with E-state index < -0.39 is 12.1 Å². The van der Waals surface area contributed by atoms with Crippen LogP contribution in [0.25, 0.3) is 0 Å². The number of fused-ring (bicyclic) bond motifs is 1. The molecule has 0 radical (unpaired) electrons. The first-order valence-electron chi connectivity index (χ1n) is 8.39. The minimum absolute atomic E-state index is 0.0970. The minimum Gasteiger partial charge on any atom is -0.481 e. The second-order valence-electron chi connectivity index (χ2n) is 6.29. The number of carboxylic acids is 1. The molecule has 25 heavy (non-hydrogen) atoms. The van der Waals surface area contributed by atoms with Crippen LogP contribution in [0.4, 0.5) is 5.69 Å². The van der Waals surface area contributed by atoms with Gasteiger partial charge in [-0.3, -0.25) is 14.4 Å². The van der Waals surface area contributed by atoms with Crippen molar-refractivity contribution >= 4 is 23.5 Å². The number of carbonyl (C=O) groups excluding carboxylic acids is 2. The molecule has 0 saturated carbocycles. The third-order valence-electron chi connectivity index (χ3n) is 4.13. The molecule has 0 saturated heterocycles. The lowest BCUT2D eigenvalue weighted by Gasteiger charge is -2.33. The molecule has 0 spiro atoms. The highest BCUT2D eigenvalue weighted by Gasteiger charge is 2.31. The summed E-state index contributed by atoms with van der Waals surface area (Å²) in [5.41, 5.74) is 0.653. The van der Waals surface area contributed by atoms with Crippen LogP contribution < -0.4 is 9.64 Å². The first-order chi connectivity index (χ1) is 11.8. The average molecular weight is 348 g/mol. The first kappa shape index (κ1) is 18.8. The van der Waals surface area contributed by atoms with Gasteiger partial charge in [-0.15, -0.1) is 0 Å². The Balaban J connectivity index is 2.07. The van der Waals surface area contributed by atoms with Crippen LogP contribution in [0, 0.1) is 0 Å². The van der Waals surface area contributed by atoms with Gasteiger partial charge in [0.15, 0.2) is 6.10 Å². The van der Waals surface area contributed by atoms with E-state index in [2.05, 4.69) is 0 Å². The van der Waals surface area contributed by atoms with Crippen molar-refractivity contribution in [1.29, 1.82) is 0 Å². The lowest BCUT2D eigenvalue weighted by atomic mass is 10.1. The number of nitrogens with zero attached hydrogens (tertiary/aromatic N) is 2. The number of rotatable bonds is 7. The van der Waals surface area contributed by atoms with E-state index >= 15 is 0 Å². The van der Waals surface area contributed by atoms with E-state index in [9.17, 15) is 14.4 Å². The van der Waals surface area contributed by atoms with E-state index in [4.69, 9.17) is 9.84 Å². The molecule has 136 valence electrons. The van der Waals surface area contributed by atoms with Gasteiger partial charge in [0.05, 0.1) is 12.1 Å². The summed E-state index contributed by atoms with van der Waals surface area (Å²) in [7, 11) is 0. The molecule has 7 nitrogen and oxygen atoms in total. The standard InChI is InChI=1S/C18H24N2O5/c1-12(2)19(11-9-17(22)23)16(21)8-10-20-14-6-4-5-7-15(14)25-13(3)18(20)24/h4-7,12-13H,8-11H2,1-3H3,(H,22,23). The van der Waals surface area contributed by atoms with Gasteiger partial charge < -0.3 is 19.6 Å². The second-order valence-corrected chi connectivity index (χ2v) is 6.29. The number of benzene rings is 1. The van der Waals surface area contributed by atoms with Crippen LogP contribution in [-0.4, -0.2) is 53.0 Å². The highest BCUT2D eigenvalue weighted by molar-refractivity contribution is 6.00. The number of amides is 2. The van der Waals surface area contributed by atoms with E-state index in [1.807, 2.05) is 26.0 Å². The maximum atomic E-state index is 12.5. The molecule has 1 heterocycles. The number of ether oxygens (including phenoxy) is 1. The summed E-state index contributed by atoms with van der Waals surface area (Å²) in [6.45, 7) is 5.77. The van der Waals surface area contributed by atoms with Gasteiger partial charge in [-0.2, -0.15) is 0 Å². The first-order valence-corrected chi connectivity index (χ1v) is 8.39. The summed E-state index contributed by atoms with van der Waals surface area (Å²) in [4.78, 5) is 38.8. The molecule has 0 aromatic heterocycles. The van der Waals surface area contributed by atoms with Crippen LogP contribution in [0.3, 0.4) is 0 Å². The minimum atomic E-state index is -0.940. The van der Waals surface area contributed by atoms with Gasteiger partial charge >= 0.3 is 5.97 Å². The fraction of sp³-hybridized carbons (Fsp3) is 0.500. The van der Waals surface area contributed by atoms with Gasteiger partial charge in [-0.25, -0.2) is 0 Å². The third kappa shape index (κ3) is 4.49. The topological polar surface area (TPSA) is 87.2 Å². The quantitative estimate of drug-likeness (QED) is 0.813. The summed E-state index contributed by atoms with van der Waals surface area (Å²) >= 11 is 0. The number of anilines is 1. The SMILES string of the molecule is CC1Oc2ccccc2N(CCC(=O)N(CCC(=O)O)C(C)C)C1=O. The lowest BCUT2D eigenvalue weighted by Crippen LogP contribution is -2.46. The van der Waals surface area contributed by atoms with Crippen LogP contribution >= 0.6 is 0 Å². The Kier molecular flexibility index (Phi) is 6.01. The zero-order chi connectivity index (χ0) is 18.6. The van der Waals surface area contributed by atoms with Crippen molar-refractivity contribution in [3.05, 3.63) is 24.3 Å². The number of hydrogen-bond acceptors (Lipinski definition) is 4. The highest BCUT2D eigenvalue weighted by atomic mass is 16.5. The molecule has 1 aliphatic heterocycles. The van der Waals surface area contributed by atoms with E-state index in [0.29, 0.717) is 11.4 Å². The third-order valence-corrected chi connectivity index (χ3v) is 4.13. The Labute approximate surface area is 147 Å². The fourth-order valence-corrected chi connectivity index (χ4v) is 2.83. The van der Waals surface area contributed by atoms with Crippen LogP contribution in [0.5, 0.6) is 5.75 Å². The number of para-hydroxylation sites is 2. The Morgan fingerprint density at radius 2 is 1.96 bits per heavy atom. The summed E-state index contributed by atoms with van der Waals surface area (Å²) in [6, 6.07) is 7.12. The number of carbonyl (C=O) groups is 3. The van der Waals surface area contributed by atoms with Crippen molar-refractivity contribution in [1.82, 2.24) is 4.90 Å². The van der Waals surface area contributed by atoms with Crippen molar-refractivity contribution in [2.45, 2.75) is 45.8 Å². The summed E-state index contributed by atoms with van der Waals surface area (Å²) in [6.07, 6.45) is -0.566. The van der Waals surface area contributed by atoms with Gasteiger partial charge in [0.1, 0.15) is 5.75 Å². The van der Waals surface area contributed by atoms with Gasteiger partial charge in [0.2, 0.25) is 5.91 Å². The zero-order valence-corrected chi connectivity index (χ0v) is 14.8. The highest BCUT2D eigenvalue weighted by Crippen LogP contribution is 2.33. The molecule has 2 amide bonds. The lowest BCUT2D eigenvalue weighted by molar-refractivity contribution is -0.139. The predicted molar refractivity (Wildman–Crippen MR) is 92.6 cm³/mol. The van der Waals surface area contributed by atoms with Crippen LogP contribution in [0.1, 0.15) is 33.6 Å². The molecular formula is C18H24N2O5. The molecule has 1 aromatic carbocycles. The molecule has 0 aliphatic carbocycles. The maximum absolute atomic E-state index is 12.5. The van der Waals surface area contributed by atoms with E-state index in [1.54, 1.807) is 24.0 Å². The van der Waals surface area contributed by atoms with Gasteiger partial charge in [-0.05, 0) is 32.9 Å². The van der Waals surface area contributed by atoms with Gasteiger partial charge in [0, 0.05) is 25.6 Å². The fourth-order valence-electron chi connectivity index (χ4n) is 2.83. The van der Waals surface area contributed by atoms with Crippen LogP contribution in [0.15, 0.2) is 24.3 Å². The largest absolute Gasteiger partial charge is 0.481 e. The Morgan fingerprint density at radius 1 is 1.28 bits per heavy atom. The molecular weight excluding hydrogens is 324 g/mol. The van der Waals surface area contributed by atoms with E-state index in [1.165, 1.54) is 4.90 Å². The molecule has 1 unspecified atom stereocenters. The molecule has 1 N–H and O–H groups in total. The van der Waals surface area contributed by atoms with Crippen molar-refractivity contribution in [3.8, 4) is 5.75 Å². The Morgan fingerprint density at radius 3 is 2.60 bits per heavy atom. The van der Waals surface area contributed by atoms with Crippen LogP contribution in [0.2, 0.25) is 0 Å². The van der Waals surface area contributed by atoms with Crippen molar-refractivity contribution in [3.63, 3.8) is 0 Å². The molecule has 0 fully saturated rings. The number of aliphatic carboxylic acids is 1. The smallest absolute Gasteiger partial charge is 0.305 e. The van der Waals surface area contributed by atoms with Crippen molar-refractivity contribution < 1.29 is 24.2 Å². The molecule has 1 atom stereocenters. The van der Waals surface area contributed by atoms with Crippen molar-refractivity contribution in [2.24, 2.45) is 0 Å². The Hall–Kier alpha value is -2.57. The zero-order valence-electron chi connectivity index (χ0n) is 14.8. The maximum Gasteiger partial charge on any atom is 0.305 e. The Bertz CT molecular complexity index is 659. The average Bonchev–Trinajstić information content (AvgIpc) is 2.54. The van der Waals surface area contributed by atoms with E-state index in [-0.39, 0.29) is 43.8 Å². The van der Waals surface area contributed by atoms with Gasteiger partial charge in [0.25, 0.3) is 5.91 Å². The molecule has 0 bridgehead atoms. The molecule has 7 heteroatoms.